The van der Waals surface area contributed by atoms with Gasteiger partial charge in [0.25, 0.3) is 0 Å². The van der Waals surface area contributed by atoms with Crippen LogP contribution in [0.5, 0.6) is 5.75 Å². The van der Waals surface area contributed by atoms with E-state index in [0.717, 1.165) is 41.4 Å². The lowest BCUT2D eigenvalue weighted by molar-refractivity contribution is 0.155. The van der Waals surface area contributed by atoms with Gasteiger partial charge >= 0.3 is 0 Å². The molecule has 5 rings (SSSR count). The lowest BCUT2D eigenvalue weighted by Crippen LogP contribution is -2.37. The fourth-order valence-electron chi connectivity index (χ4n) is 5.73. The topological polar surface area (TPSA) is 28.6 Å². The van der Waals surface area contributed by atoms with Gasteiger partial charge in [0.05, 0.1) is 5.52 Å². The molecular formula is C30H39N3O. The molecule has 34 heavy (non-hydrogen) atoms. The Kier molecular flexibility index (Phi) is 7.34. The predicted molar refractivity (Wildman–Crippen MR) is 142 cm³/mol. The molecule has 2 aliphatic heterocycles. The van der Waals surface area contributed by atoms with E-state index in [4.69, 9.17) is 4.74 Å². The van der Waals surface area contributed by atoms with E-state index in [2.05, 4.69) is 70.2 Å². The van der Waals surface area contributed by atoms with Crippen LogP contribution in [0.2, 0.25) is 0 Å². The molecule has 0 amide bonds. The summed E-state index contributed by atoms with van der Waals surface area (Å²) in [5, 5.41) is 1.10. The molecule has 2 fully saturated rings. The minimum atomic E-state index is 0.670. The fraction of sp³-hybridized carbons (Fsp3) is 0.500. The van der Waals surface area contributed by atoms with Gasteiger partial charge in [-0.3, -0.25) is 9.88 Å². The van der Waals surface area contributed by atoms with Gasteiger partial charge in [0.2, 0.25) is 0 Å². The number of anilines is 1. The molecule has 3 aromatic rings. The van der Waals surface area contributed by atoms with Gasteiger partial charge < -0.3 is 9.64 Å². The number of aromatic nitrogens is 1. The number of hydrogen-bond donors (Lipinski definition) is 0. The van der Waals surface area contributed by atoms with Gasteiger partial charge in [-0.15, -0.1) is 0 Å². The molecule has 0 radical (unpaired) electrons. The summed E-state index contributed by atoms with van der Waals surface area (Å²) < 4.78 is 6.18. The first-order valence-electron chi connectivity index (χ1n) is 13.2. The summed E-state index contributed by atoms with van der Waals surface area (Å²) in [4.78, 5) is 9.80. The van der Waals surface area contributed by atoms with Crippen LogP contribution < -0.4 is 9.64 Å². The van der Waals surface area contributed by atoms with Crippen molar-refractivity contribution >= 4 is 16.6 Å². The number of likely N-dealkylation sites (tertiary alicyclic amines) is 1. The minimum Gasteiger partial charge on any atom is -0.492 e. The van der Waals surface area contributed by atoms with Crippen molar-refractivity contribution in [3.05, 3.63) is 65.9 Å². The van der Waals surface area contributed by atoms with Crippen LogP contribution in [0.4, 0.5) is 5.69 Å². The third kappa shape index (κ3) is 5.55. The van der Waals surface area contributed by atoms with Crippen molar-refractivity contribution in [2.45, 2.75) is 58.4 Å². The van der Waals surface area contributed by atoms with Gasteiger partial charge in [0.15, 0.2) is 0 Å². The highest BCUT2D eigenvalue weighted by atomic mass is 16.5. The van der Waals surface area contributed by atoms with Crippen molar-refractivity contribution in [1.82, 2.24) is 9.88 Å². The predicted octanol–water partition coefficient (Wildman–Crippen LogP) is 6.26. The van der Waals surface area contributed by atoms with E-state index in [-0.39, 0.29) is 0 Å². The van der Waals surface area contributed by atoms with Crippen molar-refractivity contribution in [2.24, 2.45) is 5.92 Å². The molecule has 4 nitrogen and oxygen atoms in total. The highest BCUT2D eigenvalue weighted by Gasteiger charge is 2.21. The molecule has 2 aromatic carbocycles. The van der Waals surface area contributed by atoms with Crippen LogP contribution in [0.25, 0.3) is 10.9 Å². The number of benzene rings is 2. The largest absolute Gasteiger partial charge is 0.492 e. The van der Waals surface area contributed by atoms with Gasteiger partial charge in [0.1, 0.15) is 12.4 Å². The molecule has 0 spiro atoms. The first-order valence-corrected chi connectivity index (χ1v) is 13.2. The maximum Gasteiger partial charge on any atom is 0.128 e. The van der Waals surface area contributed by atoms with Crippen molar-refractivity contribution in [2.75, 3.05) is 37.7 Å². The maximum absolute atomic E-state index is 6.18. The summed E-state index contributed by atoms with van der Waals surface area (Å²) in [6.45, 7) is 9.69. The van der Waals surface area contributed by atoms with Crippen molar-refractivity contribution in [3.8, 4) is 5.75 Å². The first-order chi connectivity index (χ1) is 16.7. The van der Waals surface area contributed by atoms with Gasteiger partial charge in [-0.25, -0.2) is 0 Å². The Labute approximate surface area is 204 Å². The zero-order valence-corrected chi connectivity index (χ0v) is 20.9. The molecule has 0 aliphatic carbocycles. The monoisotopic (exact) mass is 457 g/mol. The Bertz CT molecular complexity index is 1090. The molecule has 4 heteroatoms. The Balaban J connectivity index is 1.09. The molecular weight excluding hydrogens is 418 g/mol. The van der Waals surface area contributed by atoms with Crippen LogP contribution in [-0.2, 0) is 6.42 Å². The zero-order chi connectivity index (χ0) is 23.3. The average Bonchev–Trinajstić information content (AvgIpc) is 2.85. The molecule has 2 aliphatic rings. The van der Waals surface area contributed by atoms with Crippen LogP contribution >= 0.6 is 0 Å². The molecule has 3 heterocycles. The van der Waals surface area contributed by atoms with Gasteiger partial charge in [-0.2, -0.15) is 0 Å². The van der Waals surface area contributed by atoms with Gasteiger partial charge in [-0.1, -0.05) is 18.2 Å². The summed E-state index contributed by atoms with van der Waals surface area (Å²) >= 11 is 0. The number of ether oxygens (including phenoxy) is 1. The molecule has 2 saturated heterocycles. The highest BCUT2D eigenvalue weighted by Crippen LogP contribution is 2.28. The molecule has 180 valence electrons. The minimum absolute atomic E-state index is 0.670. The summed E-state index contributed by atoms with van der Waals surface area (Å²) in [5.41, 5.74) is 4.99. The first kappa shape index (κ1) is 23.2. The van der Waals surface area contributed by atoms with Crippen LogP contribution in [0.1, 0.15) is 50.3 Å². The van der Waals surface area contributed by atoms with E-state index in [1.807, 2.05) is 13.0 Å². The van der Waals surface area contributed by atoms with E-state index in [0.29, 0.717) is 6.04 Å². The summed E-state index contributed by atoms with van der Waals surface area (Å²) in [6, 6.07) is 20.4. The van der Waals surface area contributed by atoms with Crippen molar-refractivity contribution in [1.29, 1.82) is 0 Å². The average molecular weight is 458 g/mol. The second kappa shape index (κ2) is 10.8. The van der Waals surface area contributed by atoms with E-state index in [1.54, 1.807) is 0 Å². The number of rotatable bonds is 7. The molecule has 0 saturated carbocycles. The lowest BCUT2D eigenvalue weighted by atomic mass is 9.90. The molecule has 0 N–H and O–H groups in total. The fourth-order valence-corrected chi connectivity index (χ4v) is 5.73. The number of fused-ring (bicyclic) bond motifs is 1. The van der Waals surface area contributed by atoms with Crippen molar-refractivity contribution < 1.29 is 4.74 Å². The number of hydrogen-bond acceptors (Lipinski definition) is 4. The van der Waals surface area contributed by atoms with E-state index < -0.39 is 0 Å². The quantitative estimate of drug-likeness (QED) is 0.419. The summed E-state index contributed by atoms with van der Waals surface area (Å²) in [6.07, 6.45) is 7.80. The third-order valence-electron chi connectivity index (χ3n) is 7.77. The highest BCUT2D eigenvalue weighted by molar-refractivity contribution is 5.85. The third-order valence-corrected chi connectivity index (χ3v) is 7.77. The van der Waals surface area contributed by atoms with Crippen LogP contribution in [0.15, 0.2) is 54.6 Å². The zero-order valence-electron chi connectivity index (χ0n) is 20.9. The smallest absolute Gasteiger partial charge is 0.128 e. The lowest BCUT2D eigenvalue weighted by Gasteiger charge is -2.36. The molecule has 1 atom stereocenters. The Morgan fingerprint density at radius 1 is 0.941 bits per heavy atom. The maximum atomic E-state index is 6.18. The van der Waals surface area contributed by atoms with Crippen LogP contribution in [0, 0.1) is 12.8 Å². The Hall–Kier alpha value is -2.59. The Morgan fingerprint density at radius 3 is 2.65 bits per heavy atom. The summed E-state index contributed by atoms with van der Waals surface area (Å²) in [7, 11) is 0. The molecule has 0 bridgehead atoms. The molecule has 1 aromatic heterocycles. The number of piperidine rings is 2. The SMILES string of the molecule is Cc1ccc2c(OCCN3CCC(Cc4cccc(N5CCCCC5C)c4)CC3)cccc2n1. The van der Waals surface area contributed by atoms with Crippen LogP contribution in [0.3, 0.4) is 0 Å². The van der Waals surface area contributed by atoms with E-state index >= 15 is 0 Å². The van der Waals surface area contributed by atoms with Gasteiger partial charge in [0, 0.05) is 35.9 Å². The normalized spacial score (nSPS) is 20.1. The number of pyridine rings is 1. The van der Waals surface area contributed by atoms with E-state index in [9.17, 15) is 0 Å². The number of nitrogens with zero attached hydrogens (tertiary/aromatic N) is 3. The second-order valence-electron chi connectivity index (χ2n) is 10.3. The van der Waals surface area contributed by atoms with Crippen molar-refractivity contribution in [3.63, 3.8) is 0 Å². The van der Waals surface area contributed by atoms with Gasteiger partial charge in [-0.05, 0) is 113 Å². The Morgan fingerprint density at radius 2 is 1.79 bits per heavy atom. The summed E-state index contributed by atoms with van der Waals surface area (Å²) in [5.74, 6) is 1.74. The van der Waals surface area contributed by atoms with E-state index in [1.165, 1.54) is 69.4 Å². The standard InChI is InChI=1S/C30H39N3O/c1-23-12-13-28-29(31-23)10-6-11-30(28)34-20-19-32-17-14-25(15-18-32)21-26-8-5-9-27(22-26)33-16-4-3-7-24(33)2/h5-6,8-13,22,24-25H,3-4,7,14-21H2,1-2H3. The number of aryl methyl sites for hydroxylation is 1. The second-order valence-corrected chi connectivity index (χ2v) is 10.3. The molecule has 1 unspecified atom stereocenters. The van der Waals surface area contributed by atoms with Crippen LogP contribution in [-0.4, -0.2) is 48.7 Å².